The minimum atomic E-state index is -4.99. The molecule has 3 heterocycles. The van der Waals surface area contributed by atoms with E-state index in [1.54, 1.807) is 0 Å². The Morgan fingerprint density at radius 1 is 1.25 bits per heavy atom. The molecule has 24 heavy (non-hydrogen) atoms. The zero-order valence-corrected chi connectivity index (χ0v) is 12.4. The lowest BCUT2D eigenvalue weighted by Crippen LogP contribution is -2.42. The van der Waals surface area contributed by atoms with Crippen LogP contribution in [-0.4, -0.2) is 31.0 Å². The third kappa shape index (κ3) is 2.21. The molecule has 1 aliphatic heterocycles. The van der Waals surface area contributed by atoms with E-state index < -0.39 is 35.5 Å². The first-order valence-electron chi connectivity index (χ1n) is 6.87. The number of fused-ring (bicyclic) bond motifs is 3. The number of alkyl halides is 6. The minimum Gasteiger partial charge on any atom is -0.374 e. The van der Waals surface area contributed by atoms with Crippen LogP contribution in [0.25, 0.3) is 11.4 Å². The topological polar surface area (TPSA) is 66.7 Å². The number of hydrogen-bond acceptors (Lipinski definition) is 3. The maximum atomic E-state index is 13.1. The lowest BCUT2D eigenvalue weighted by molar-refractivity contribution is -0.262. The molecular weight excluding hydrogens is 342 g/mol. The average molecular weight is 354 g/mol. The van der Waals surface area contributed by atoms with Gasteiger partial charge in [0.1, 0.15) is 0 Å². The summed E-state index contributed by atoms with van der Waals surface area (Å²) in [5.74, 6) is -0.675. The summed E-state index contributed by atoms with van der Waals surface area (Å²) in [6.07, 6.45) is -8.85. The van der Waals surface area contributed by atoms with Crippen molar-refractivity contribution in [3.63, 3.8) is 0 Å². The Labute approximate surface area is 131 Å². The van der Waals surface area contributed by atoms with Gasteiger partial charge in [0.25, 0.3) is 0 Å². The van der Waals surface area contributed by atoms with Gasteiger partial charge >= 0.3 is 12.4 Å². The van der Waals surface area contributed by atoms with Gasteiger partial charge in [-0.25, -0.2) is 4.98 Å². The first-order valence-corrected chi connectivity index (χ1v) is 6.87. The average Bonchev–Trinajstić information content (AvgIpc) is 2.99. The van der Waals surface area contributed by atoms with E-state index in [0.717, 1.165) is 10.8 Å². The Morgan fingerprint density at radius 3 is 2.42 bits per heavy atom. The second-order valence-corrected chi connectivity index (χ2v) is 5.88. The fourth-order valence-corrected chi connectivity index (χ4v) is 2.88. The molecular formula is C13H12F6N4O. The summed E-state index contributed by atoms with van der Waals surface area (Å²) in [6.45, 7) is 2.01. The van der Waals surface area contributed by atoms with Crippen LogP contribution in [0.4, 0.5) is 26.3 Å². The smallest absolute Gasteiger partial charge is 0.374 e. The maximum Gasteiger partial charge on any atom is 0.435 e. The van der Waals surface area contributed by atoms with Crippen molar-refractivity contribution in [3.8, 4) is 11.4 Å². The van der Waals surface area contributed by atoms with E-state index in [1.807, 2.05) is 0 Å². The fraction of sp³-hybridized carbons (Fsp3) is 0.538. The number of H-pyrrole nitrogens is 1. The molecule has 0 saturated carbocycles. The van der Waals surface area contributed by atoms with E-state index in [2.05, 4.69) is 15.2 Å². The van der Waals surface area contributed by atoms with Gasteiger partial charge in [0.2, 0.25) is 5.60 Å². The van der Waals surface area contributed by atoms with Crippen molar-refractivity contribution in [1.82, 2.24) is 19.7 Å². The van der Waals surface area contributed by atoms with Gasteiger partial charge in [-0.05, 0) is 20.3 Å². The van der Waals surface area contributed by atoms with Gasteiger partial charge in [0.05, 0.1) is 17.6 Å². The molecule has 0 spiro atoms. The highest BCUT2D eigenvalue weighted by atomic mass is 19.4. The summed E-state index contributed by atoms with van der Waals surface area (Å²) in [6, 6.07) is -0.766. The highest BCUT2D eigenvalue weighted by Crippen LogP contribution is 2.45. The van der Waals surface area contributed by atoms with E-state index in [1.165, 1.54) is 6.92 Å². The molecule has 0 saturated heterocycles. The van der Waals surface area contributed by atoms with E-state index in [9.17, 15) is 31.4 Å². The monoisotopic (exact) mass is 354 g/mol. The predicted molar refractivity (Wildman–Crippen MR) is 68.9 cm³/mol. The van der Waals surface area contributed by atoms with Gasteiger partial charge in [-0.1, -0.05) is 0 Å². The maximum absolute atomic E-state index is 13.1. The van der Waals surface area contributed by atoms with Crippen LogP contribution in [0, 0.1) is 0 Å². The standard InChI is InChI=1S/C13H12F6N4O/c1-5-3-6-8(21-22-9(6)12(14,15)16)7-4-20-10(23(5)7)11(2,24)13(17,18)19/h4-5,24H,3H2,1-2H3,(H,21,22)/t5-,11+/m1/s1. The molecule has 0 bridgehead atoms. The van der Waals surface area contributed by atoms with Crippen LogP contribution in [0.2, 0.25) is 0 Å². The number of nitrogens with one attached hydrogen (secondary N) is 1. The zero-order valence-electron chi connectivity index (χ0n) is 12.4. The number of aromatic amines is 1. The lowest BCUT2D eigenvalue weighted by Gasteiger charge is -2.31. The summed E-state index contributed by atoms with van der Waals surface area (Å²) < 4.78 is 79.2. The highest BCUT2D eigenvalue weighted by Gasteiger charge is 2.55. The molecule has 0 aromatic carbocycles. The van der Waals surface area contributed by atoms with Gasteiger partial charge in [-0.15, -0.1) is 0 Å². The van der Waals surface area contributed by atoms with Crippen LogP contribution in [-0.2, 0) is 18.2 Å². The molecule has 0 amide bonds. The van der Waals surface area contributed by atoms with Crippen molar-refractivity contribution < 1.29 is 31.4 Å². The molecule has 11 heteroatoms. The molecule has 2 aromatic rings. The molecule has 0 radical (unpaired) electrons. The SMILES string of the molecule is C[C@@H]1Cc2c(C(F)(F)F)n[nH]c2-c2cnc([C@](C)(O)C(F)(F)F)n21. The van der Waals surface area contributed by atoms with E-state index in [-0.39, 0.29) is 23.4 Å². The normalized spacial score (nSPS) is 20.5. The Morgan fingerprint density at radius 2 is 1.88 bits per heavy atom. The van der Waals surface area contributed by atoms with Crippen molar-refractivity contribution in [1.29, 1.82) is 0 Å². The zero-order chi connectivity index (χ0) is 18.1. The summed E-state index contributed by atoms with van der Waals surface area (Å²) in [5.41, 5.74) is -4.48. The first kappa shape index (κ1) is 16.8. The van der Waals surface area contributed by atoms with Gasteiger partial charge < -0.3 is 9.67 Å². The number of aromatic nitrogens is 4. The van der Waals surface area contributed by atoms with E-state index in [0.29, 0.717) is 6.92 Å². The number of imidazole rings is 1. The predicted octanol–water partition coefficient (Wildman–Crippen LogP) is 3.18. The van der Waals surface area contributed by atoms with Crippen LogP contribution >= 0.6 is 0 Å². The lowest BCUT2D eigenvalue weighted by atomic mass is 9.97. The third-order valence-electron chi connectivity index (χ3n) is 4.12. The molecule has 1 aliphatic rings. The molecule has 132 valence electrons. The molecule has 2 aromatic heterocycles. The second-order valence-electron chi connectivity index (χ2n) is 5.88. The summed E-state index contributed by atoms with van der Waals surface area (Å²) in [4.78, 5) is 3.62. The number of rotatable bonds is 1. The Kier molecular flexibility index (Phi) is 3.32. The number of nitrogens with zero attached hydrogens (tertiary/aromatic N) is 3. The summed E-state index contributed by atoms with van der Waals surface area (Å²) >= 11 is 0. The molecule has 3 rings (SSSR count). The largest absolute Gasteiger partial charge is 0.435 e. The van der Waals surface area contributed by atoms with Gasteiger partial charge in [-0.2, -0.15) is 31.4 Å². The quantitative estimate of drug-likeness (QED) is 0.773. The summed E-state index contributed by atoms with van der Waals surface area (Å²) in [7, 11) is 0. The van der Waals surface area contributed by atoms with Crippen LogP contribution < -0.4 is 0 Å². The number of halogens is 6. The molecule has 2 N–H and O–H groups in total. The molecule has 5 nitrogen and oxygen atoms in total. The van der Waals surface area contributed by atoms with Crippen molar-refractivity contribution in [2.24, 2.45) is 0 Å². The first-order chi connectivity index (χ1) is 10.9. The highest BCUT2D eigenvalue weighted by molar-refractivity contribution is 5.63. The van der Waals surface area contributed by atoms with E-state index in [4.69, 9.17) is 0 Å². The Hall–Kier alpha value is -2.04. The van der Waals surface area contributed by atoms with Gasteiger partial charge in [0, 0.05) is 11.6 Å². The van der Waals surface area contributed by atoms with Crippen molar-refractivity contribution >= 4 is 0 Å². The third-order valence-corrected chi connectivity index (χ3v) is 4.12. The number of aliphatic hydroxyl groups is 1. The molecule has 2 atom stereocenters. The molecule has 0 fully saturated rings. The van der Waals surface area contributed by atoms with Gasteiger partial charge in [-0.3, -0.25) is 5.10 Å². The van der Waals surface area contributed by atoms with Crippen LogP contribution in [0.5, 0.6) is 0 Å². The van der Waals surface area contributed by atoms with Crippen molar-refractivity contribution in [2.45, 2.75) is 44.3 Å². The fourth-order valence-electron chi connectivity index (χ4n) is 2.88. The van der Waals surface area contributed by atoms with Gasteiger partial charge in [0.15, 0.2) is 11.5 Å². The van der Waals surface area contributed by atoms with E-state index >= 15 is 0 Å². The molecule has 0 unspecified atom stereocenters. The Balaban J connectivity index is 2.19. The van der Waals surface area contributed by atoms with Crippen LogP contribution in [0.15, 0.2) is 6.20 Å². The van der Waals surface area contributed by atoms with Crippen molar-refractivity contribution in [3.05, 3.63) is 23.3 Å². The van der Waals surface area contributed by atoms with Crippen molar-refractivity contribution in [2.75, 3.05) is 0 Å². The second kappa shape index (κ2) is 4.74. The minimum absolute atomic E-state index is 0.0197. The summed E-state index contributed by atoms with van der Waals surface area (Å²) in [5, 5.41) is 15.3. The van der Waals surface area contributed by atoms with Crippen LogP contribution in [0.1, 0.15) is 37.0 Å². The molecule has 0 aliphatic carbocycles. The van der Waals surface area contributed by atoms with Crippen LogP contribution in [0.3, 0.4) is 0 Å². The number of hydrogen-bond donors (Lipinski definition) is 2. The Bertz CT molecular complexity index is 785.